The molecule has 5 rings (SSSR count). The van der Waals surface area contributed by atoms with Crippen molar-refractivity contribution in [1.82, 2.24) is 25.0 Å². The van der Waals surface area contributed by atoms with Gasteiger partial charge in [0.2, 0.25) is 5.95 Å². The van der Waals surface area contributed by atoms with Crippen molar-refractivity contribution in [3.63, 3.8) is 0 Å². The molecule has 2 aliphatic rings. The van der Waals surface area contributed by atoms with E-state index in [1.165, 1.54) is 23.1 Å². The van der Waals surface area contributed by atoms with Crippen LogP contribution < -0.4 is 10.6 Å². The average Bonchev–Trinajstić information content (AvgIpc) is 3.33. The van der Waals surface area contributed by atoms with Crippen LogP contribution in [0.4, 0.5) is 14.7 Å². The molecule has 2 N–H and O–H groups in total. The molecule has 2 fully saturated rings. The molecule has 0 bridgehead atoms. The molecule has 2 aliphatic heterocycles. The van der Waals surface area contributed by atoms with Crippen molar-refractivity contribution in [2.75, 3.05) is 25.1 Å². The molecule has 0 aliphatic carbocycles. The van der Waals surface area contributed by atoms with Crippen LogP contribution in [0.5, 0.6) is 0 Å². The number of carbonyl (C=O) groups excluding carboxylic acids is 1. The first-order valence-corrected chi connectivity index (χ1v) is 11.7. The molecule has 2 aromatic carbocycles. The van der Waals surface area contributed by atoms with E-state index < -0.39 is 17.2 Å². The topological polar surface area (TPSA) is 84.3 Å². The van der Waals surface area contributed by atoms with Gasteiger partial charge in [0.15, 0.2) is 0 Å². The van der Waals surface area contributed by atoms with Gasteiger partial charge in [-0.25, -0.2) is 18.4 Å². The Morgan fingerprint density at radius 2 is 1.86 bits per heavy atom. The molecule has 2 saturated heterocycles. The third-order valence-corrected chi connectivity index (χ3v) is 6.77. The van der Waals surface area contributed by atoms with Crippen LogP contribution >= 0.6 is 0 Å². The highest BCUT2D eigenvalue weighted by molar-refractivity contribution is 5.65. The molecule has 0 spiro atoms. The van der Waals surface area contributed by atoms with Crippen LogP contribution in [0.2, 0.25) is 0 Å². The molecule has 3 aromatic rings. The standard InChI is InChI=1S/C25H28F2N6O2/c1-17-14-32(25(15-34)7-9-35-10-8-25)22(18-5-3-2-4-6-18)23(29-17)30-24-28-16-33(31-24)21-12-19(26)11-20(27)13-21/h2-6,11-13,15-17,22-23,29H,7-10,14H2,1H3,(H,30,31). The lowest BCUT2D eigenvalue weighted by atomic mass is 9.84. The molecule has 10 heteroatoms. The van der Waals surface area contributed by atoms with E-state index >= 15 is 0 Å². The van der Waals surface area contributed by atoms with Gasteiger partial charge in [0, 0.05) is 31.9 Å². The Morgan fingerprint density at radius 1 is 1.14 bits per heavy atom. The first-order chi connectivity index (χ1) is 17.0. The maximum absolute atomic E-state index is 13.7. The molecule has 3 atom stereocenters. The van der Waals surface area contributed by atoms with E-state index in [0.717, 1.165) is 17.9 Å². The third-order valence-electron chi connectivity index (χ3n) is 6.77. The summed E-state index contributed by atoms with van der Waals surface area (Å²) in [6.45, 7) is 3.82. The van der Waals surface area contributed by atoms with Gasteiger partial charge in [-0.3, -0.25) is 10.2 Å². The van der Waals surface area contributed by atoms with Gasteiger partial charge < -0.3 is 14.8 Å². The van der Waals surface area contributed by atoms with Crippen molar-refractivity contribution in [3.8, 4) is 5.69 Å². The molecule has 0 radical (unpaired) electrons. The normalized spacial score (nSPS) is 24.7. The molecular formula is C25H28F2N6O2. The highest BCUT2D eigenvalue weighted by atomic mass is 19.1. The number of hydrogen-bond acceptors (Lipinski definition) is 7. The Labute approximate surface area is 202 Å². The van der Waals surface area contributed by atoms with Crippen molar-refractivity contribution < 1.29 is 18.3 Å². The molecule has 0 amide bonds. The van der Waals surface area contributed by atoms with Gasteiger partial charge in [-0.1, -0.05) is 30.3 Å². The van der Waals surface area contributed by atoms with Crippen LogP contribution in [-0.4, -0.2) is 63.5 Å². The maximum Gasteiger partial charge on any atom is 0.243 e. The van der Waals surface area contributed by atoms with Crippen molar-refractivity contribution in [2.45, 2.75) is 43.6 Å². The predicted octanol–water partition coefficient (Wildman–Crippen LogP) is 3.07. The van der Waals surface area contributed by atoms with Crippen LogP contribution in [0.15, 0.2) is 54.9 Å². The number of aldehydes is 1. The summed E-state index contributed by atoms with van der Waals surface area (Å²) in [7, 11) is 0. The minimum atomic E-state index is -0.691. The average molecular weight is 483 g/mol. The van der Waals surface area contributed by atoms with Gasteiger partial charge in [-0.05, 0) is 37.5 Å². The summed E-state index contributed by atoms with van der Waals surface area (Å²) in [6, 6.07) is 13.1. The van der Waals surface area contributed by atoms with Crippen molar-refractivity contribution in [1.29, 1.82) is 0 Å². The van der Waals surface area contributed by atoms with E-state index in [9.17, 15) is 13.6 Å². The molecule has 184 valence electrons. The molecule has 3 heterocycles. The molecule has 35 heavy (non-hydrogen) atoms. The Bertz CT molecular complexity index is 1150. The van der Waals surface area contributed by atoms with Gasteiger partial charge in [-0.15, -0.1) is 5.10 Å². The largest absolute Gasteiger partial charge is 0.381 e. The number of ether oxygens (including phenoxy) is 1. The molecule has 3 unspecified atom stereocenters. The molecule has 8 nitrogen and oxygen atoms in total. The summed E-state index contributed by atoms with van der Waals surface area (Å²) in [6.07, 6.45) is 3.39. The van der Waals surface area contributed by atoms with E-state index in [0.29, 0.717) is 38.5 Å². The van der Waals surface area contributed by atoms with Gasteiger partial charge in [0.25, 0.3) is 0 Å². The summed E-state index contributed by atoms with van der Waals surface area (Å²) in [5, 5.41) is 11.3. The Morgan fingerprint density at radius 3 is 2.54 bits per heavy atom. The highest BCUT2D eigenvalue weighted by Crippen LogP contribution is 2.38. The number of piperazine rings is 1. The van der Waals surface area contributed by atoms with Crippen LogP contribution in [0.3, 0.4) is 0 Å². The van der Waals surface area contributed by atoms with E-state index in [2.05, 4.69) is 32.5 Å². The van der Waals surface area contributed by atoms with Crippen molar-refractivity contribution in [3.05, 3.63) is 72.1 Å². The summed E-state index contributed by atoms with van der Waals surface area (Å²) >= 11 is 0. The lowest BCUT2D eigenvalue weighted by molar-refractivity contribution is -0.132. The van der Waals surface area contributed by atoms with Crippen LogP contribution in [0.25, 0.3) is 5.69 Å². The number of hydrogen-bond donors (Lipinski definition) is 2. The minimum absolute atomic E-state index is 0.0755. The second-order valence-corrected chi connectivity index (χ2v) is 9.17. The number of benzene rings is 2. The SMILES string of the molecule is CC1CN(C2(C=O)CCOCC2)C(c2ccccc2)C(Nc2ncn(-c3cc(F)cc(F)c3)n2)N1. The fraction of sp³-hybridized carbons (Fsp3) is 0.400. The summed E-state index contributed by atoms with van der Waals surface area (Å²) in [5.74, 6) is -1.08. The first kappa shape index (κ1) is 23.5. The van der Waals surface area contributed by atoms with Crippen LogP contribution in [0.1, 0.15) is 31.4 Å². The second-order valence-electron chi connectivity index (χ2n) is 9.17. The lowest BCUT2D eigenvalue weighted by Crippen LogP contribution is -2.67. The number of rotatable bonds is 6. The zero-order chi connectivity index (χ0) is 24.4. The minimum Gasteiger partial charge on any atom is -0.381 e. The van der Waals surface area contributed by atoms with Gasteiger partial charge in [0.1, 0.15) is 24.2 Å². The summed E-state index contributed by atoms with van der Waals surface area (Å²) in [5.41, 5.74) is 0.640. The molecular weight excluding hydrogens is 454 g/mol. The predicted molar refractivity (Wildman–Crippen MR) is 126 cm³/mol. The van der Waals surface area contributed by atoms with Crippen molar-refractivity contribution in [2.24, 2.45) is 0 Å². The fourth-order valence-electron chi connectivity index (χ4n) is 5.10. The highest BCUT2D eigenvalue weighted by Gasteiger charge is 2.47. The number of nitrogens with zero attached hydrogens (tertiary/aromatic N) is 4. The fourth-order valence-corrected chi connectivity index (χ4v) is 5.10. The van der Waals surface area contributed by atoms with Crippen LogP contribution in [0, 0.1) is 11.6 Å². The maximum atomic E-state index is 13.7. The van der Waals surface area contributed by atoms with Gasteiger partial charge >= 0.3 is 0 Å². The Hall–Kier alpha value is -3.21. The monoisotopic (exact) mass is 482 g/mol. The van der Waals surface area contributed by atoms with E-state index in [4.69, 9.17) is 4.74 Å². The number of anilines is 1. The number of aromatic nitrogens is 3. The molecule has 0 saturated carbocycles. The zero-order valence-corrected chi connectivity index (χ0v) is 19.4. The lowest BCUT2D eigenvalue weighted by Gasteiger charge is -2.53. The van der Waals surface area contributed by atoms with E-state index in [1.807, 2.05) is 30.3 Å². The third kappa shape index (κ3) is 4.82. The quantitative estimate of drug-likeness (QED) is 0.523. The summed E-state index contributed by atoms with van der Waals surface area (Å²) in [4.78, 5) is 19.1. The number of carbonyl (C=O) groups is 1. The Balaban J connectivity index is 1.48. The zero-order valence-electron chi connectivity index (χ0n) is 19.4. The number of halogens is 2. The van der Waals surface area contributed by atoms with E-state index in [-0.39, 0.29) is 23.9 Å². The molecule has 1 aromatic heterocycles. The Kier molecular flexibility index (Phi) is 6.59. The van der Waals surface area contributed by atoms with Gasteiger partial charge in [-0.2, -0.15) is 0 Å². The second kappa shape index (κ2) is 9.80. The smallest absolute Gasteiger partial charge is 0.243 e. The van der Waals surface area contributed by atoms with Gasteiger partial charge in [0.05, 0.1) is 23.4 Å². The summed E-state index contributed by atoms with van der Waals surface area (Å²) < 4.78 is 34.3. The van der Waals surface area contributed by atoms with Crippen LogP contribution in [-0.2, 0) is 9.53 Å². The van der Waals surface area contributed by atoms with E-state index in [1.54, 1.807) is 0 Å². The number of nitrogens with one attached hydrogen (secondary N) is 2. The first-order valence-electron chi connectivity index (χ1n) is 11.7. The van der Waals surface area contributed by atoms with Crippen molar-refractivity contribution >= 4 is 12.2 Å².